The molecule has 1 aliphatic rings. The van der Waals surface area contributed by atoms with Gasteiger partial charge in [-0.3, -0.25) is 0 Å². The van der Waals surface area contributed by atoms with E-state index in [1.807, 2.05) is 0 Å². The van der Waals surface area contributed by atoms with Crippen molar-refractivity contribution >= 4 is 29.3 Å². The number of nitrogens with zero attached hydrogens (tertiary/aromatic N) is 3. The van der Waals surface area contributed by atoms with Gasteiger partial charge in [-0.15, -0.1) is 0 Å². The molecule has 7 heteroatoms. The summed E-state index contributed by atoms with van der Waals surface area (Å²) < 4.78 is 0. The highest BCUT2D eigenvalue weighted by atomic mass is 35.5. The van der Waals surface area contributed by atoms with Crippen molar-refractivity contribution in [3.8, 4) is 0 Å². The van der Waals surface area contributed by atoms with Gasteiger partial charge in [-0.1, -0.05) is 11.6 Å². The summed E-state index contributed by atoms with van der Waals surface area (Å²) in [5.74, 6) is 0. The Hall–Kier alpha value is -1.07. The van der Waals surface area contributed by atoms with Crippen LogP contribution < -0.4 is 0 Å². The van der Waals surface area contributed by atoms with Crippen molar-refractivity contribution in [3.05, 3.63) is 21.7 Å². The van der Waals surface area contributed by atoms with Gasteiger partial charge in [0, 0.05) is 12.1 Å². The molecule has 0 saturated heterocycles. The van der Waals surface area contributed by atoms with Gasteiger partial charge in [-0.05, 0) is 18.0 Å². The topological polar surface area (TPSA) is 66.3 Å². The second-order valence-electron chi connectivity index (χ2n) is 3.16. The average Bonchev–Trinajstić information content (AvgIpc) is 2.16. The molecule has 0 bridgehead atoms. The Kier molecular flexibility index (Phi) is 2.67. The lowest BCUT2D eigenvalue weighted by atomic mass is 10.1. The normalized spacial score (nSPS) is 14.9. The number of hydrogen-bond acceptors (Lipinski definition) is 3. The van der Waals surface area contributed by atoms with Crippen LogP contribution in [0, 0.1) is 0 Å². The van der Waals surface area contributed by atoms with Gasteiger partial charge in [0.1, 0.15) is 5.15 Å². The number of carboxylic acid groups (broad SMARTS) is 1. The number of halogens is 2. The monoisotopic (exact) mass is 247 g/mol. The Morgan fingerprint density at radius 2 is 2.13 bits per heavy atom. The van der Waals surface area contributed by atoms with Gasteiger partial charge in [0.05, 0.1) is 12.2 Å². The zero-order valence-electron chi connectivity index (χ0n) is 7.57. The number of hydrogen-bond donors (Lipinski definition) is 1. The molecule has 1 amide bonds. The van der Waals surface area contributed by atoms with Crippen molar-refractivity contribution in [2.75, 3.05) is 6.54 Å². The van der Waals surface area contributed by atoms with Crippen molar-refractivity contribution in [2.24, 2.45) is 0 Å². The van der Waals surface area contributed by atoms with Crippen LogP contribution in [0.4, 0.5) is 4.79 Å². The molecule has 0 atom stereocenters. The summed E-state index contributed by atoms with van der Waals surface area (Å²) in [4.78, 5) is 19.8. The van der Waals surface area contributed by atoms with E-state index in [4.69, 9.17) is 28.3 Å². The van der Waals surface area contributed by atoms with Crippen LogP contribution in [0.2, 0.25) is 10.4 Å². The van der Waals surface area contributed by atoms with Gasteiger partial charge >= 0.3 is 6.09 Å². The molecular weight excluding hydrogens is 241 g/mol. The Morgan fingerprint density at radius 1 is 1.40 bits per heavy atom. The van der Waals surface area contributed by atoms with E-state index in [-0.39, 0.29) is 11.8 Å². The number of rotatable bonds is 0. The number of amides is 1. The third-order valence-corrected chi connectivity index (χ3v) is 2.74. The minimum absolute atomic E-state index is 0.0472. The van der Waals surface area contributed by atoms with E-state index in [0.717, 1.165) is 5.56 Å². The van der Waals surface area contributed by atoms with Crippen molar-refractivity contribution in [2.45, 2.75) is 13.0 Å². The predicted octanol–water partition coefficient (Wildman–Crippen LogP) is 1.82. The lowest BCUT2D eigenvalue weighted by Gasteiger charge is -2.25. The Labute approximate surface area is 95.6 Å². The molecule has 15 heavy (non-hydrogen) atoms. The zero-order valence-corrected chi connectivity index (χ0v) is 9.09. The van der Waals surface area contributed by atoms with Gasteiger partial charge in [0.15, 0.2) is 0 Å². The van der Waals surface area contributed by atoms with E-state index in [2.05, 4.69) is 9.97 Å². The van der Waals surface area contributed by atoms with Crippen LogP contribution in [-0.4, -0.2) is 32.6 Å². The van der Waals surface area contributed by atoms with Gasteiger partial charge in [0.2, 0.25) is 5.28 Å². The smallest absolute Gasteiger partial charge is 0.407 e. The largest absolute Gasteiger partial charge is 0.465 e. The molecule has 1 aromatic heterocycles. The van der Waals surface area contributed by atoms with E-state index < -0.39 is 6.09 Å². The summed E-state index contributed by atoms with van der Waals surface area (Å²) >= 11 is 11.5. The lowest BCUT2D eigenvalue weighted by Crippen LogP contribution is -2.35. The quantitative estimate of drug-likeness (QED) is 0.561. The second kappa shape index (κ2) is 3.83. The molecular formula is C8H7Cl2N3O2. The van der Waals surface area contributed by atoms with Crippen molar-refractivity contribution < 1.29 is 9.90 Å². The molecule has 2 rings (SSSR count). The van der Waals surface area contributed by atoms with Crippen molar-refractivity contribution in [1.82, 2.24) is 14.9 Å². The maximum atomic E-state index is 10.8. The predicted molar refractivity (Wildman–Crippen MR) is 54.2 cm³/mol. The summed E-state index contributed by atoms with van der Waals surface area (Å²) in [6, 6.07) is 0. The average molecular weight is 248 g/mol. The van der Waals surface area contributed by atoms with Crippen LogP contribution in [0.15, 0.2) is 0 Å². The van der Waals surface area contributed by atoms with Crippen LogP contribution in [-0.2, 0) is 13.0 Å². The minimum Gasteiger partial charge on any atom is -0.465 e. The van der Waals surface area contributed by atoms with Crippen molar-refractivity contribution in [1.29, 1.82) is 0 Å². The molecule has 2 heterocycles. The summed E-state index contributed by atoms with van der Waals surface area (Å²) in [6.07, 6.45) is -0.441. The summed E-state index contributed by atoms with van der Waals surface area (Å²) in [6.45, 7) is 0.625. The van der Waals surface area contributed by atoms with Gasteiger partial charge in [-0.2, -0.15) is 0 Å². The Balaban J connectivity index is 2.37. The first-order valence-corrected chi connectivity index (χ1v) is 5.02. The number of carbonyl (C=O) groups is 1. The molecule has 1 aromatic rings. The van der Waals surface area contributed by atoms with Gasteiger partial charge in [-0.25, -0.2) is 14.8 Å². The van der Waals surface area contributed by atoms with E-state index in [9.17, 15) is 4.79 Å². The fourth-order valence-electron chi connectivity index (χ4n) is 1.52. The van der Waals surface area contributed by atoms with Crippen LogP contribution in [0.1, 0.15) is 11.3 Å². The van der Waals surface area contributed by atoms with Crippen LogP contribution in [0.5, 0.6) is 0 Å². The molecule has 0 aromatic carbocycles. The maximum absolute atomic E-state index is 10.8. The highest BCUT2D eigenvalue weighted by Gasteiger charge is 2.23. The molecule has 0 fully saturated rings. The van der Waals surface area contributed by atoms with E-state index in [1.54, 1.807) is 0 Å². The molecule has 0 radical (unpaired) electrons. The highest BCUT2D eigenvalue weighted by molar-refractivity contribution is 6.32. The van der Waals surface area contributed by atoms with Crippen LogP contribution in [0.25, 0.3) is 0 Å². The molecule has 0 saturated carbocycles. The molecule has 0 spiro atoms. The highest BCUT2D eigenvalue weighted by Crippen LogP contribution is 2.24. The fourth-order valence-corrected chi connectivity index (χ4v) is 2.03. The molecule has 1 N–H and O–H groups in total. The van der Waals surface area contributed by atoms with E-state index in [0.29, 0.717) is 23.8 Å². The third-order valence-electron chi connectivity index (χ3n) is 2.26. The Bertz CT molecular complexity index is 425. The van der Waals surface area contributed by atoms with Crippen LogP contribution >= 0.6 is 23.2 Å². The molecule has 5 nitrogen and oxygen atoms in total. The molecule has 1 aliphatic heterocycles. The maximum Gasteiger partial charge on any atom is 0.407 e. The van der Waals surface area contributed by atoms with E-state index >= 15 is 0 Å². The number of aromatic nitrogens is 2. The third kappa shape index (κ3) is 1.98. The number of fused-ring (bicyclic) bond motifs is 1. The SMILES string of the molecule is O=C(O)N1CCc2c(Cl)nc(Cl)nc2C1. The first kappa shape index (κ1) is 10.4. The molecule has 80 valence electrons. The lowest BCUT2D eigenvalue weighted by molar-refractivity contribution is 0.139. The zero-order chi connectivity index (χ0) is 11.0. The molecule has 0 aliphatic carbocycles. The summed E-state index contributed by atoms with van der Waals surface area (Å²) in [5.41, 5.74) is 1.38. The first-order chi connectivity index (χ1) is 7.08. The second-order valence-corrected chi connectivity index (χ2v) is 3.86. The fraction of sp³-hybridized carbons (Fsp3) is 0.375. The van der Waals surface area contributed by atoms with Crippen LogP contribution in [0.3, 0.4) is 0 Å². The standard InChI is InChI=1S/C8H7Cl2N3O2/c9-6-4-1-2-13(8(14)15)3-5(4)11-7(10)12-6/h1-3H2,(H,14,15). The molecule has 0 unspecified atom stereocenters. The Morgan fingerprint density at radius 3 is 2.80 bits per heavy atom. The summed E-state index contributed by atoms with van der Waals surface area (Å²) in [7, 11) is 0. The van der Waals surface area contributed by atoms with Crippen molar-refractivity contribution in [3.63, 3.8) is 0 Å². The first-order valence-electron chi connectivity index (χ1n) is 4.26. The van der Waals surface area contributed by atoms with Gasteiger partial charge < -0.3 is 10.0 Å². The van der Waals surface area contributed by atoms with Gasteiger partial charge in [0.25, 0.3) is 0 Å². The summed E-state index contributed by atoms with van der Waals surface area (Å²) in [5, 5.41) is 9.18. The van der Waals surface area contributed by atoms with E-state index in [1.165, 1.54) is 4.90 Å². The minimum atomic E-state index is -0.966.